The fraction of sp³-hybridized carbons (Fsp3) is 0.364. The van der Waals surface area contributed by atoms with Gasteiger partial charge in [0.1, 0.15) is 0 Å². The smallest absolute Gasteiger partial charge is 0.344 e. The van der Waals surface area contributed by atoms with E-state index in [1.54, 1.807) is 27.4 Å². The molecule has 2 aromatic carbocycles. The molecule has 1 N–H and O–H groups in total. The van der Waals surface area contributed by atoms with E-state index in [1.807, 2.05) is 37.3 Å². The summed E-state index contributed by atoms with van der Waals surface area (Å²) in [6.45, 7) is 4.75. The minimum absolute atomic E-state index is 0.176. The largest absolute Gasteiger partial charge is 0.493 e. The minimum atomic E-state index is -0.425. The summed E-state index contributed by atoms with van der Waals surface area (Å²) in [6, 6.07) is 9.40. The molecule has 0 fully saturated rings. The van der Waals surface area contributed by atoms with E-state index in [0.29, 0.717) is 42.8 Å². The summed E-state index contributed by atoms with van der Waals surface area (Å²) in [7, 11) is 3.20. The molecular formula is C22H27IN2O6. The highest BCUT2D eigenvalue weighted by Crippen LogP contribution is 2.34. The second-order valence-electron chi connectivity index (χ2n) is 6.14. The molecule has 2 aromatic rings. The SMILES string of the molecule is CCOC(=O)COc1c(I)cc(/C=N/NCc2ccc(OC)c(OC)c2)cc1OCC. The van der Waals surface area contributed by atoms with Crippen molar-refractivity contribution in [1.82, 2.24) is 5.43 Å². The number of nitrogens with zero attached hydrogens (tertiary/aromatic N) is 1. The summed E-state index contributed by atoms with van der Waals surface area (Å²) in [6.07, 6.45) is 1.70. The van der Waals surface area contributed by atoms with Crippen LogP contribution in [0.25, 0.3) is 0 Å². The van der Waals surface area contributed by atoms with Crippen LogP contribution in [0.4, 0.5) is 0 Å². The highest BCUT2D eigenvalue weighted by atomic mass is 127. The van der Waals surface area contributed by atoms with Gasteiger partial charge < -0.3 is 29.1 Å². The molecule has 31 heavy (non-hydrogen) atoms. The first-order valence-electron chi connectivity index (χ1n) is 9.73. The number of nitrogens with one attached hydrogen (secondary N) is 1. The lowest BCUT2D eigenvalue weighted by Gasteiger charge is -2.14. The number of carbonyl (C=O) groups is 1. The molecule has 0 radical (unpaired) electrons. The number of ether oxygens (including phenoxy) is 5. The molecule has 0 aliphatic rings. The van der Waals surface area contributed by atoms with Crippen LogP contribution >= 0.6 is 22.6 Å². The van der Waals surface area contributed by atoms with E-state index < -0.39 is 5.97 Å². The molecule has 0 atom stereocenters. The average Bonchev–Trinajstić information content (AvgIpc) is 2.76. The van der Waals surface area contributed by atoms with Crippen molar-refractivity contribution >= 4 is 34.8 Å². The van der Waals surface area contributed by atoms with Crippen molar-refractivity contribution in [1.29, 1.82) is 0 Å². The second kappa shape index (κ2) is 12.9. The van der Waals surface area contributed by atoms with Crippen molar-refractivity contribution in [3.63, 3.8) is 0 Å². The third-order valence-corrected chi connectivity index (χ3v) is 4.81. The molecule has 0 saturated carbocycles. The van der Waals surface area contributed by atoms with Gasteiger partial charge in [0.05, 0.1) is 43.8 Å². The van der Waals surface area contributed by atoms with Crippen molar-refractivity contribution in [2.24, 2.45) is 5.10 Å². The van der Waals surface area contributed by atoms with E-state index in [0.717, 1.165) is 14.7 Å². The lowest BCUT2D eigenvalue weighted by atomic mass is 10.2. The molecule has 2 rings (SSSR count). The maximum Gasteiger partial charge on any atom is 0.344 e. The van der Waals surface area contributed by atoms with Crippen molar-refractivity contribution in [2.75, 3.05) is 34.0 Å². The van der Waals surface area contributed by atoms with Gasteiger partial charge in [-0.15, -0.1) is 0 Å². The van der Waals surface area contributed by atoms with Crippen molar-refractivity contribution in [2.45, 2.75) is 20.4 Å². The highest BCUT2D eigenvalue weighted by Gasteiger charge is 2.14. The summed E-state index contributed by atoms with van der Waals surface area (Å²) < 4.78 is 27.6. The fourth-order valence-corrected chi connectivity index (χ4v) is 3.43. The van der Waals surface area contributed by atoms with Crippen LogP contribution in [-0.2, 0) is 16.1 Å². The number of esters is 1. The Kier molecular flexibility index (Phi) is 10.2. The Morgan fingerprint density at radius 2 is 1.81 bits per heavy atom. The Hall–Kier alpha value is -2.69. The first kappa shape index (κ1) is 24.6. The van der Waals surface area contributed by atoms with Gasteiger partial charge in [-0.1, -0.05) is 6.07 Å². The molecule has 0 amide bonds. The normalized spacial score (nSPS) is 10.6. The summed E-state index contributed by atoms with van der Waals surface area (Å²) in [4.78, 5) is 11.6. The Balaban J connectivity index is 2.05. The van der Waals surface area contributed by atoms with Gasteiger partial charge >= 0.3 is 5.97 Å². The molecule has 0 heterocycles. The zero-order chi connectivity index (χ0) is 22.6. The van der Waals surface area contributed by atoms with E-state index in [1.165, 1.54) is 0 Å². The monoisotopic (exact) mass is 542 g/mol. The molecule has 0 aliphatic heterocycles. The van der Waals surface area contributed by atoms with Gasteiger partial charge in [-0.3, -0.25) is 0 Å². The van der Waals surface area contributed by atoms with Crippen molar-refractivity contribution in [3.8, 4) is 23.0 Å². The molecule has 0 bridgehead atoms. The molecule has 0 aromatic heterocycles. The first-order chi connectivity index (χ1) is 15.0. The predicted octanol–water partition coefficient (Wildman–Crippen LogP) is 3.77. The predicted molar refractivity (Wildman–Crippen MR) is 126 cm³/mol. The van der Waals surface area contributed by atoms with Gasteiger partial charge in [-0.05, 0) is 71.8 Å². The van der Waals surface area contributed by atoms with Gasteiger partial charge in [-0.25, -0.2) is 4.79 Å². The number of hydrogen-bond donors (Lipinski definition) is 1. The van der Waals surface area contributed by atoms with Gasteiger partial charge in [0.15, 0.2) is 29.6 Å². The number of halogens is 1. The standard InChI is InChI=1S/C22H27IN2O6/c1-5-29-20-11-16(9-17(23)22(20)31-14-21(26)30-6-2)13-25-24-12-15-7-8-18(27-3)19(10-15)28-4/h7-11,13,24H,5-6,12,14H2,1-4H3/b25-13+. The highest BCUT2D eigenvalue weighted by molar-refractivity contribution is 14.1. The Labute approximate surface area is 196 Å². The van der Waals surface area contributed by atoms with E-state index in [9.17, 15) is 4.79 Å². The average molecular weight is 542 g/mol. The molecule has 0 spiro atoms. The number of hydrogen-bond acceptors (Lipinski definition) is 8. The number of carbonyl (C=O) groups excluding carboxylic acids is 1. The minimum Gasteiger partial charge on any atom is -0.493 e. The quantitative estimate of drug-likeness (QED) is 0.189. The van der Waals surface area contributed by atoms with Gasteiger partial charge in [0.25, 0.3) is 0 Å². The third kappa shape index (κ3) is 7.50. The summed E-state index contributed by atoms with van der Waals surface area (Å²) >= 11 is 2.14. The van der Waals surface area contributed by atoms with Crippen LogP contribution < -0.4 is 24.4 Å². The van der Waals surface area contributed by atoms with E-state index in [2.05, 4.69) is 33.1 Å². The van der Waals surface area contributed by atoms with Crippen LogP contribution in [0.3, 0.4) is 0 Å². The number of benzene rings is 2. The zero-order valence-corrected chi connectivity index (χ0v) is 20.2. The Morgan fingerprint density at radius 1 is 1.03 bits per heavy atom. The topological polar surface area (TPSA) is 87.6 Å². The van der Waals surface area contributed by atoms with Gasteiger partial charge in [-0.2, -0.15) is 5.10 Å². The first-order valence-corrected chi connectivity index (χ1v) is 10.8. The zero-order valence-electron chi connectivity index (χ0n) is 18.1. The maximum atomic E-state index is 11.6. The van der Waals surface area contributed by atoms with Crippen molar-refractivity contribution < 1.29 is 28.5 Å². The lowest BCUT2D eigenvalue weighted by Crippen LogP contribution is -2.15. The molecule has 0 saturated heterocycles. The Bertz CT molecular complexity index is 904. The van der Waals surface area contributed by atoms with Gasteiger partial charge in [0, 0.05) is 0 Å². The molecule has 168 valence electrons. The fourth-order valence-electron chi connectivity index (χ4n) is 2.65. The lowest BCUT2D eigenvalue weighted by molar-refractivity contribution is -0.145. The molecular weight excluding hydrogens is 515 g/mol. The third-order valence-electron chi connectivity index (χ3n) is 4.01. The van der Waals surface area contributed by atoms with E-state index >= 15 is 0 Å². The summed E-state index contributed by atoms with van der Waals surface area (Å²) in [5.74, 6) is 1.97. The maximum absolute atomic E-state index is 11.6. The van der Waals surface area contributed by atoms with E-state index in [4.69, 9.17) is 23.7 Å². The molecule has 8 nitrogen and oxygen atoms in total. The summed E-state index contributed by atoms with van der Waals surface area (Å²) in [5, 5.41) is 4.28. The van der Waals surface area contributed by atoms with E-state index in [-0.39, 0.29) is 6.61 Å². The van der Waals surface area contributed by atoms with Crippen LogP contribution in [0.2, 0.25) is 0 Å². The molecule has 0 aliphatic carbocycles. The number of rotatable bonds is 12. The molecule has 9 heteroatoms. The van der Waals surface area contributed by atoms with Crippen molar-refractivity contribution in [3.05, 3.63) is 45.0 Å². The van der Waals surface area contributed by atoms with Crippen LogP contribution in [0, 0.1) is 3.57 Å². The summed E-state index contributed by atoms with van der Waals surface area (Å²) in [5.41, 5.74) is 4.85. The van der Waals surface area contributed by atoms with Crippen LogP contribution in [0.5, 0.6) is 23.0 Å². The second-order valence-corrected chi connectivity index (χ2v) is 7.30. The van der Waals surface area contributed by atoms with Crippen LogP contribution in [0.15, 0.2) is 35.4 Å². The van der Waals surface area contributed by atoms with Crippen LogP contribution in [0.1, 0.15) is 25.0 Å². The number of methoxy groups -OCH3 is 2. The van der Waals surface area contributed by atoms with Gasteiger partial charge in [0.2, 0.25) is 0 Å². The number of hydrazone groups is 1. The Morgan fingerprint density at radius 3 is 2.48 bits per heavy atom. The van der Waals surface area contributed by atoms with Crippen LogP contribution in [-0.4, -0.2) is 46.2 Å². The molecule has 0 unspecified atom stereocenters.